The third kappa shape index (κ3) is 1.55. The lowest BCUT2D eigenvalue weighted by Crippen LogP contribution is -2.43. The van der Waals surface area contributed by atoms with Crippen LogP contribution in [0.5, 0.6) is 0 Å². The molecule has 0 radical (unpaired) electrons. The molecule has 1 N–H and O–H groups in total. The van der Waals surface area contributed by atoms with Gasteiger partial charge in [0, 0.05) is 26.2 Å². The van der Waals surface area contributed by atoms with Crippen LogP contribution in [0, 0.1) is 6.92 Å². The van der Waals surface area contributed by atoms with Crippen LogP contribution < -0.4 is 10.2 Å². The lowest BCUT2D eigenvalue weighted by Gasteiger charge is -2.25. The van der Waals surface area contributed by atoms with Gasteiger partial charge in [-0.15, -0.1) is 0 Å². The first-order valence-corrected chi connectivity index (χ1v) is 5.66. The molecule has 0 atom stereocenters. The lowest BCUT2D eigenvalue weighted by atomic mass is 10.2. The first kappa shape index (κ1) is 9.66. The van der Waals surface area contributed by atoms with Crippen molar-refractivity contribution in [2.45, 2.75) is 6.92 Å². The van der Waals surface area contributed by atoms with E-state index in [9.17, 15) is 0 Å². The number of benzene rings is 1. The van der Waals surface area contributed by atoms with Crippen LogP contribution in [0.4, 0.5) is 6.01 Å². The summed E-state index contributed by atoms with van der Waals surface area (Å²) in [5.74, 6) is 0. The number of para-hydroxylation sites is 1. The van der Waals surface area contributed by atoms with Gasteiger partial charge in [0.15, 0.2) is 5.58 Å². The lowest BCUT2D eigenvalue weighted by molar-refractivity contribution is 0.517. The Morgan fingerprint density at radius 3 is 2.88 bits per heavy atom. The minimum Gasteiger partial charge on any atom is -0.423 e. The Labute approximate surface area is 94.3 Å². The minimum absolute atomic E-state index is 0.755. The summed E-state index contributed by atoms with van der Waals surface area (Å²) in [6.07, 6.45) is 0. The smallest absolute Gasteiger partial charge is 0.298 e. The maximum Gasteiger partial charge on any atom is 0.298 e. The zero-order valence-electron chi connectivity index (χ0n) is 9.36. The van der Waals surface area contributed by atoms with Gasteiger partial charge in [0.25, 0.3) is 6.01 Å². The number of fused-ring (bicyclic) bond motifs is 1. The summed E-state index contributed by atoms with van der Waals surface area (Å²) in [7, 11) is 0. The van der Waals surface area contributed by atoms with E-state index in [-0.39, 0.29) is 0 Å². The van der Waals surface area contributed by atoms with Gasteiger partial charge in [-0.3, -0.25) is 0 Å². The van der Waals surface area contributed by atoms with Crippen molar-refractivity contribution in [2.75, 3.05) is 31.1 Å². The van der Waals surface area contributed by atoms with Crippen molar-refractivity contribution in [1.82, 2.24) is 10.3 Å². The third-order valence-electron chi connectivity index (χ3n) is 3.00. The van der Waals surface area contributed by atoms with Crippen molar-refractivity contribution in [1.29, 1.82) is 0 Å². The number of hydrogen-bond acceptors (Lipinski definition) is 4. The Morgan fingerprint density at radius 2 is 2.12 bits per heavy atom. The van der Waals surface area contributed by atoms with E-state index in [1.807, 2.05) is 12.1 Å². The van der Waals surface area contributed by atoms with Gasteiger partial charge in [-0.25, -0.2) is 0 Å². The Balaban J connectivity index is 2.01. The predicted octanol–water partition coefficient (Wildman–Crippen LogP) is 1.55. The summed E-state index contributed by atoms with van der Waals surface area (Å²) in [5, 5.41) is 3.32. The van der Waals surface area contributed by atoms with E-state index in [1.165, 1.54) is 5.56 Å². The maximum absolute atomic E-state index is 5.78. The van der Waals surface area contributed by atoms with Crippen molar-refractivity contribution in [2.24, 2.45) is 0 Å². The topological polar surface area (TPSA) is 41.3 Å². The molecule has 2 aromatic rings. The van der Waals surface area contributed by atoms with Crippen LogP contribution >= 0.6 is 0 Å². The van der Waals surface area contributed by atoms with Crippen LogP contribution in [-0.4, -0.2) is 31.2 Å². The first-order chi connectivity index (χ1) is 7.84. The molecule has 1 aliphatic rings. The quantitative estimate of drug-likeness (QED) is 0.786. The molecule has 1 aromatic heterocycles. The zero-order valence-corrected chi connectivity index (χ0v) is 9.36. The number of rotatable bonds is 1. The molecular formula is C12H15N3O. The second-order valence-corrected chi connectivity index (χ2v) is 4.16. The molecule has 1 aromatic carbocycles. The standard InChI is InChI=1S/C12H15N3O/c1-9-3-2-4-10-11(9)14-12(16-10)15-7-5-13-6-8-15/h2-4,13H,5-8H2,1H3. The van der Waals surface area contributed by atoms with Crippen LogP contribution in [0.15, 0.2) is 22.6 Å². The highest BCUT2D eigenvalue weighted by molar-refractivity contribution is 5.78. The van der Waals surface area contributed by atoms with E-state index in [0.29, 0.717) is 0 Å². The molecule has 0 aliphatic carbocycles. The summed E-state index contributed by atoms with van der Waals surface area (Å²) in [6.45, 7) is 5.99. The second kappa shape index (κ2) is 3.79. The predicted molar refractivity (Wildman–Crippen MR) is 63.8 cm³/mol. The number of nitrogens with one attached hydrogen (secondary N) is 1. The number of aryl methyl sites for hydroxylation is 1. The van der Waals surface area contributed by atoms with E-state index >= 15 is 0 Å². The Hall–Kier alpha value is -1.55. The molecule has 1 fully saturated rings. The molecule has 1 aliphatic heterocycles. The fourth-order valence-electron chi connectivity index (χ4n) is 2.07. The van der Waals surface area contributed by atoms with Gasteiger partial charge in [0.1, 0.15) is 5.52 Å². The fourth-order valence-corrected chi connectivity index (χ4v) is 2.07. The summed E-state index contributed by atoms with van der Waals surface area (Å²) >= 11 is 0. The molecule has 4 heteroatoms. The van der Waals surface area contributed by atoms with Gasteiger partial charge < -0.3 is 14.6 Å². The van der Waals surface area contributed by atoms with Gasteiger partial charge >= 0.3 is 0 Å². The second-order valence-electron chi connectivity index (χ2n) is 4.16. The van der Waals surface area contributed by atoms with Crippen molar-refractivity contribution in [3.05, 3.63) is 23.8 Å². The Kier molecular flexibility index (Phi) is 2.29. The molecule has 1 saturated heterocycles. The Morgan fingerprint density at radius 1 is 1.31 bits per heavy atom. The van der Waals surface area contributed by atoms with Gasteiger partial charge in [-0.2, -0.15) is 4.98 Å². The van der Waals surface area contributed by atoms with E-state index in [4.69, 9.17) is 4.42 Å². The van der Waals surface area contributed by atoms with E-state index < -0.39 is 0 Å². The molecule has 4 nitrogen and oxygen atoms in total. The van der Waals surface area contributed by atoms with E-state index in [2.05, 4.69) is 28.2 Å². The molecule has 84 valence electrons. The molecule has 3 rings (SSSR count). The van der Waals surface area contributed by atoms with Crippen molar-refractivity contribution >= 4 is 17.1 Å². The van der Waals surface area contributed by atoms with Gasteiger partial charge in [-0.05, 0) is 18.6 Å². The number of piperazine rings is 1. The molecule has 0 spiro atoms. The molecular weight excluding hydrogens is 202 g/mol. The summed E-state index contributed by atoms with van der Waals surface area (Å²) in [4.78, 5) is 6.76. The van der Waals surface area contributed by atoms with Crippen LogP contribution in [0.3, 0.4) is 0 Å². The number of aromatic nitrogens is 1. The normalized spacial score (nSPS) is 16.9. The number of anilines is 1. The monoisotopic (exact) mass is 217 g/mol. The van der Waals surface area contributed by atoms with E-state index in [0.717, 1.165) is 43.3 Å². The maximum atomic E-state index is 5.78. The highest BCUT2D eigenvalue weighted by Gasteiger charge is 2.16. The van der Waals surface area contributed by atoms with Gasteiger partial charge in [-0.1, -0.05) is 12.1 Å². The minimum atomic E-state index is 0.755. The molecule has 0 unspecified atom stereocenters. The van der Waals surface area contributed by atoms with Crippen LogP contribution in [0.25, 0.3) is 11.1 Å². The average molecular weight is 217 g/mol. The number of nitrogens with zero attached hydrogens (tertiary/aromatic N) is 2. The largest absolute Gasteiger partial charge is 0.423 e. The summed E-state index contributed by atoms with van der Waals surface area (Å²) in [5.41, 5.74) is 3.03. The summed E-state index contributed by atoms with van der Waals surface area (Å²) < 4.78 is 5.78. The van der Waals surface area contributed by atoms with Crippen molar-refractivity contribution < 1.29 is 4.42 Å². The zero-order chi connectivity index (χ0) is 11.0. The first-order valence-electron chi connectivity index (χ1n) is 5.66. The van der Waals surface area contributed by atoms with Crippen LogP contribution in [0.2, 0.25) is 0 Å². The van der Waals surface area contributed by atoms with Crippen molar-refractivity contribution in [3.8, 4) is 0 Å². The molecule has 16 heavy (non-hydrogen) atoms. The van der Waals surface area contributed by atoms with Gasteiger partial charge in [0.2, 0.25) is 0 Å². The Bertz CT molecular complexity index is 500. The number of hydrogen-bond donors (Lipinski definition) is 1. The molecule has 0 amide bonds. The SMILES string of the molecule is Cc1cccc2oc(N3CCNCC3)nc12. The highest BCUT2D eigenvalue weighted by atomic mass is 16.4. The molecule has 0 saturated carbocycles. The third-order valence-corrected chi connectivity index (χ3v) is 3.00. The van der Waals surface area contributed by atoms with Crippen LogP contribution in [0.1, 0.15) is 5.56 Å². The highest BCUT2D eigenvalue weighted by Crippen LogP contribution is 2.24. The summed E-state index contributed by atoms with van der Waals surface area (Å²) in [6, 6.07) is 6.79. The van der Waals surface area contributed by atoms with Gasteiger partial charge in [0.05, 0.1) is 0 Å². The molecule has 2 heterocycles. The van der Waals surface area contributed by atoms with Crippen LogP contribution in [-0.2, 0) is 0 Å². The van der Waals surface area contributed by atoms with Crippen molar-refractivity contribution in [3.63, 3.8) is 0 Å². The number of oxazole rings is 1. The average Bonchev–Trinajstić information content (AvgIpc) is 2.76. The fraction of sp³-hybridized carbons (Fsp3) is 0.417. The van der Waals surface area contributed by atoms with E-state index in [1.54, 1.807) is 0 Å². The molecule has 0 bridgehead atoms.